The molecule has 0 aliphatic heterocycles. The lowest BCUT2D eigenvalue weighted by Gasteiger charge is -2.07. The summed E-state index contributed by atoms with van der Waals surface area (Å²) in [5, 5.41) is 5.60. The fourth-order valence-electron chi connectivity index (χ4n) is 2.51. The number of aryl methyl sites for hydroxylation is 2. The van der Waals surface area contributed by atoms with Crippen molar-refractivity contribution in [1.82, 2.24) is 20.0 Å². The molecule has 0 aromatic carbocycles. The Labute approximate surface area is 141 Å². The minimum Gasteiger partial charge on any atom is -0.383 e. The van der Waals surface area contributed by atoms with Crippen molar-refractivity contribution >= 4 is 17.5 Å². The third kappa shape index (κ3) is 4.32. The quantitative estimate of drug-likeness (QED) is 0.712. The average molecular weight is 332 g/mol. The summed E-state index contributed by atoms with van der Waals surface area (Å²) in [6, 6.07) is 3.86. The number of pyridine rings is 1. The molecule has 0 aliphatic carbocycles. The molecule has 130 valence electrons. The van der Waals surface area contributed by atoms with Crippen molar-refractivity contribution in [2.24, 2.45) is 0 Å². The first-order valence-electron chi connectivity index (χ1n) is 8.02. The standard InChI is InChI=1S/C17H24N4O3/c1-12-6-5-10-21-15(13(2)20-16(12)21)17(23)19-8-4-7-14(22)18-9-11-24-3/h5-6,10H,4,7-9,11H2,1-3H3,(H,18,22)(H,19,23). The highest BCUT2D eigenvalue weighted by Gasteiger charge is 2.16. The summed E-state index contributed by atoms with van der Waals surface area (Å²) in [6.07, 6.45) is 2.79. The number of nitrogens with zero attached hydrogens (tertiary/aromatic N) is 2. The van der Waals surface area contributed by atoms with Crippen LogP contribution in [0.5, 0.6) is 0 Å². The molecule has 0 saturated heterocycles. The van der Waals surface area contributed by atoms with Crippen molar-refractivity contribution in [3.8, 4) is 0 Å². The summed E-state index contributed by atoms with van der Waals surface area (Å²) >= 11 is 0. The maximum Gasteiger partial charge on any atom is 0.270 e. The van der Waals surface area contributed by atoms with Gasteiger partial charge >= 0.3 is 0 Å². The highest BCUT2D eigenvalue weighted by Crippen LogP contribution is 2.15. The van der Waals surface area contributed by atoms with Crippen LogP contribution in [0.25, 0.3) is 5.65 Å². The lowest BCUT2D eigenvalue weighted by atomic mass is 10.2. The van der Waals surface area contributed by atoms with Gasteiger partial charge in [0.25, 0.3) is 5.91 Å². The van der Waals surface area contributed by atoms with E-state index < -0.39 is 0 Å². The van der Waals surface area contributed by atoms with Crippen molar-refractivity contribution in [3.05, 3.63) is 35.3 Å². The van der Waals surface area contributed by atoms with Crippen molar-refractivity contribution in [3.63, 3.8) is 0 Å². The minimum atomic E-state index is -0.176. The number of amides is 2. The molecule has 2 N–H and O–H groups in total. The zero-order valence-electron chi connectivity index (χ0n) is 14.4. The summed E-state index contributed by atoms with van der Waals surface area (Å²) < 4.78 is 6.67. The first kappa shape index (κ1) is 17.9. The number of carbonyl (C=O) groups is 2. The van der Waals surface area contributed by atoms with Crippen LogP contribution in [0.15, 0.2) is 18.3 Å². The zero-order valence-corrected chi connectivity index (χ0v) is 14.4. The number of hydrogen-bond donors (Lipinski definition) is 2. The summed E-state index contributed by atoms with van der Waals surface area (Å²) in [5.41, 5.74) is 3.04. The predicted octanol–water partition coefficient (Wildman–Crippen LogP) is 1.22. The molecule has 0 atom stereocenters. The molecule has 0 unspecified atom stereocenters. The van der Waals surface area contributed by atoms with Crippen LogP contribution in [-0.2, 0) is 9.53 Å². The van der Waals surface area contributed by atoms with E-state index in [9.17, 15) is 9.59 Å². The van der Waals surface area contributed by atoms with Gasteiger partial charge in [-0.05, 0) is 31.9 Å². The molecule has 0 saturated carbocycles. The maximum absolute atomic E-state index is 12.4. The van der Waals surface area contributed by atoms with Gasteiger partial charge in [0.05, 0.1) is 12.3 Å². The third-order valence-electron chi connectivity index (χ3n) is 3.73. The Morgan fingerprint density at radius 2 is 2.04 bits per heavy atom. The number of rotatable bonds is 8. The average Bonchev–Trinajstić information content (AvgIpc) is 2.89. The second kappa shape index (κ2) is 8.44. The number of fused-ring (bicyclic) bond motifs is 1. The predicted molar refractivity (Wildman–Crippen MR) is 91.1 cm³/mol. The van der Waals surface area contributed by atoms with Crippen LogP contribution < -0.4 is 10.6 Å². The molecular weight excluding hydrogens is 308 g/mol. The molecule has 0 bridgehead atoms. The van der Waals surface area contributed by atoms with E-state index >= 15 is 0 Å². The highest BCUT2D eigenvalue weighted by molar-refractivity contribution is 5.94. The topological polar surface area (TPSA) is 84.7 Å². The van der Waals surface area contributed by atoms with Gasteiger partial charge in [-0.3, -0.25) is 14.0 Å². The van der Waals surface area contributed by atoms with Crippen molar-refractivity contribution in [1.29, 1.82) is 0 Å². The van der Waals surface area contributed by atoms with E-state index in [0.29, 0.717) is 43.9 Å². The number of aromatic nitrogens is 2. The van der Waals surface area contributed by atoms with E-state index in [2.05, 4.69) is 15.6 Å². The molecular formula is C17H24N4O3. The van der Waals surface area contributed by atoms with Gasteiger partial charge in [0.2, 0.25) is 5.91 Å². The van der Waals surface area contributed by atoms with E-state index in [-0.39, 0.29) is 11.8 Å². The van der Waals surface area contributed by atoms with Gasteiger partial charge in [0.15, 0.2) is 0 Å². The molecule has 2 aromatic heterocycles. The maximum atomic E-state index is 12.4. The SMILES string of the molecule is COCCNC(=O)CCCNC(=O)c1c(C)nc2c(C)cccn12. The Hall–Kier alpha value is -2.41. The minimum absolute atomic E-state index is 0.0390. The molecule has 0 aliphatic rings. The van der Waals surface area contributed by atoms with Gasteiger partial charge in [-0.25, -0.2) is 4.98 Å². The smallest absolute Gasteiger partial charge is 0.270 e. The Morgan fingerprint density at radius 3 is 2.79 bits per heavy atom. The van der Waals surface area contributed by atoms with E-state index in [4.69, 9.17) is 4.74 Å². The number of ether oxygens (including phenoxy) is 1. The van der Waals surface area contributed by atoms with Crippen molar-refractivity contribution < 1.29 is 14.3 Å². The van der Waals surface area contributed by atoms with E-state index in [1.54, 1.807) is 11.5 Å². The third-order valence-corrected chi connectivity index (χ3v) is 3.73. The lowest BCUT2D eigenvalue weighted by molar-refractivity contribution is -0.121. The number of imidazole rings is 1. The van der Waals surface area contributed by atoms with Gasteiger partial charge in [-0.1, -0.05) is 6.07 Å². The molecule has 0 fully saturated rings. The second-order valence-electron chi connectivity index (χ2n) is 5.63. The number of nitrogens with one attached hydrogen (secondary N) is 2. The molecule has 24 heavy (non-hydrogen) atoms. The van der Waals surface area contributed by atoms with Crippen LogP contribution in [0.4, 0.5) is 0 Å². The molecule has 2 aromatic rings. The van der Waals surface area contributed by atoms with Crippen LogP contribution in [0, 0.1) is 13.8 Å². The monoisotopic (exact) mass is 332 g/mol. The summed E-state index contributed by atoms with van der Waals surface area (Å²) in [4.78, 5) is 28.4. The Balaban J connectivity index is 1.87. The van der Waals surface area contributed by atoms with Gasteiger partial charge in [0, 0.05) is 32.8 Å². The largest absolute Gasteiger partial charge is 0.383 e. The van der Waals surface area contributed by atoms with Crippen LogP contribution >= 0.6 is 0 Å². The number of hydrogen-bond acceptors (Lipinski definition) is 4. The molecule has 2 rings (SSSR count). The first-order chi connectivity index (χ1) is 11.5. The Bertz CT molecular complexity index is 724. The molecule has 7 nitrogen and oxygen atoms in total. The van der Waals surface area contributed by atoms with Crippen LogP contribution in [0.1, 0.15) is 34.6 Å². The van der Waals surface area contributed by atoms with E-state index in [0.717, 1.165) is 11.2 Å². The molecule has 2 amide bonds. The van der Waals surface area contributed by atoms with E-state index in [1.807, 2.05) is 32.2 Å². The Morgan fingerprint density at radius 1 is 1.25 bits per heavy atom. The summed E-state index contributed by atoms with van der Waals surface area (Å²) in [7, 11) is 1.59. The van der Waals surface area contributed by atoms with Crippen molar-refractivity contribution in [2.75, 3.05) is 26.8 Å². The molecule has 2 heterocycles. The van der Waals surface area contributed by atoms with Gasteiger partial charge in [-0.2, -0.15) is 0 Å². The number of methoxy groups -OCH3 is 1. The molecule has 7 heteroatoms. The molecule has 0 spiro atoms. The second-order valence-corrected chi connectivity index (χ2v) is 5.63. The fraction of sp³-hybridized carbons (Fsp3) is 0.471. The summed E-state index contributed by atoms with van der Waals surface area (Å²) in [6.45, 7) is 5.22. The zero-order chi connectivity index (χ0) is 17.5. The Kier molecular flexibility index (Phi) is 6.31. The number of carbonyl (C=O) groups excluding carboxylic acids is 2. The highest BCUT2D eigenvalue weighted by atomic mass is 16.5. The van der Waals surface area contributed by atoms with Gasteiger partial charge in [-0.15, -0.1) is 0 Å². The first-order valence-corrected chi connectivity index (χ1v) is 8.02. The van der Waals surface area contributed by atoms with Gasteiger partial charge < -0.3 is 15.4 Å². The van der Waals surface area contributed by atoms with Crippen LogP contribution in [0.2, 0.25) is 0 Å². The normalized spacial score (nSPS) is 10.8. The van der Waals surface area contributed by atoms with Gasteiger partial charge in [0.1, 0.15) is 11.3 Å². The lowest BCUT2D eigenvalue weighted by Crippen LogP contribution is -2.29. The fourth-order valence-corrected chi connectivity index (χ4v) is 2.51. The van der Waals surface area contributed by atoms with Crippen LogP contribution in [-0.4, -0.2) is 48.0 Å². The molecule has 0 radical (unpaired) electrons. The van der Waals surface area contributed by atoms with E-state index in [1.165, 1.54) is 0 Å². The van der Waals surface area contributed by atoms with Crippen LogP contribution in [0.3, 0.4) is 0 Å². The van der Waals surface area contributed by atoms with Crippen molar-refractivity contribution in [2.45, 2.75) is 26.7 Å². The summed E-state index contributed by atoms with van der Waals surface area (Å²) in [5.74, 6) is -0.215.